The second-order valence-corrected chi connectivity index (χ2v) is 9.20. The molecule has 6 nitrogen and oxygen atoms in total. The minimum Gasteiger partial charge on any atom is -0.497 e. The molecule has 2 aliphatic rings. The summed E-state index contributed by atoms with van der Waals surface area (Å²) >= 11 is 0. The van der Waals surface area contributed by atoms with Crippen molar-refractivity contribution in [1.29, 1.82) is 0 Å². The van der Waals surface area contributed by atoms with Crippen LogP contribution in [-0.2, 0) is 22.4 Å². The van der Waals surface area contributed by atoms with E-state index < -0.39 is 0 Å². The minimum atomic E-state index is 0.0933. The summed E-state index contributed by atoms with van der Waals surface area (Å²) in [5.41, 5.74) is 6.77. The number of nitrogens with one attached hydrogen (secondary N) is 2. The maximum atomic E-state index is 11.2. The van der Waals surface area contributed by atoms with Gasteiger partial charge in [0.25, 0.3) is 0 Å². The van der Waals surface area contributed by atoms with Gasteiger partial charge in [0.1, 0.15) is 11.5 Å². The summed E-state index contributed by atoms with van der Waals surface area (Å²) in [5.74, 6) is 2.61. The zero-order valence-corrected chi connectivity index (χ0v) is 22.1. The average Bonchev–Trinajstić information content (AvgIpc) is 3.51. The number of carbonyl (C=O) groups excluding carboxylic acids is 2. The third-order valence-electron chi connectivity index (χ3n) is 6.99. The number of hydrogen-bond donors (Lipinski definition) is 2. The van der Waals surface area contributed by atoms with E-state index in [0.717, 1.165) is 43.7 Å². The van der Waals surface area contributed by atoms with Gasteiger partial charge in [-0.3, -0.25) is 9.59 Å². The van der Waals surface area contributed by atoms with E-state index in [1.165, 1.54) is 34.2 Å². The van der Waals surface area contributed by atoms with Crippen molar-refractivity contribution >= 4 is 17.4 Å². The van der Waals surface area contributed by atoms with Crippen LogP contribution in [0.4, 0.5) is 0 Å². The molecule has 0 saturated heterocycles. The number of rotatable bonds is 9. The molecule has 0 aliphatic heterocycles. The van der Waals surface area contributed by atoms with Crippen molar-refractivity contribution in [2.24, 2.45) is 0 Å². The molecular weight excluding hydrogens is 452 g/mol. The summed E-state index contributed by atoms with van der Waals surface area (Å²) < 4.78 is 10.5. The summed E-state index contributed by atoms with van der Waals surface area (Å²) in [4.78, 5) is 22.4. The van der Waals surface area contributed by atoms with Crippen LogP contribution in [0.25, 0.3) is 5.57 Å². The zero-order valence-electron chi connectivity index (χ0n) is 22.1. The number of aryl methyl sites for hydroxylation is 2. The third kappa shape index (κ3) is 7.36. The first-order chi connectivity index (χ1) is 17.5. The van der Waals surface area contributed by atoms with Crippen LogP contribution in [0.2, 0.25) is 0 Å². The van der Waals surface area contributed by atoms with Crippen molar-refractivity contribution in [3.05, 3.63) is 64.7 Å². The van der Waals surface area contributed by atoms with Crippen LogP contribution >= 0.6 is 0 Å². The van der Waals surface area contributed by atoms with Crippen LogP contribution in [0.5, 0.6) is 11.5 Å². The molecule has 1 atom stereocenters. The van der Waals surface area contributed by atoms with E-state index in [2.05, 4.69) is 41.0 Å². The summed E-state index contributed by atoms with van der Waals surface area (Å²) in [6.45, 7) is 5.12. The molecule has 2 amide bonds. The first-order valence-corrected chi connectivity index (χ1v) is 13.1. The molecule has 4 rings (SSSR count). The molecule has 2 aromatic carbocycles. The van der Waals surface area contributed by atoms with Gasteiger partial charge in [-0.2, -0.15) is 0 Å². The number of hydrogen-bond acceptors (Lipinski definition) is 4. The number of carbonyl (C=O) groups is 2. The fraction of sp³-hybridized carbons (Fsp3) is 0.467. The number of fused-ring (bicyclic) bond motifs is 2. The van der Waals surface area contributed by atoms with Gasteiger partial charge < -0.3 is 20.1 Å². The Labute approximate surface area is 215 Å². The normalized spacial score (nSPS) is 16.4. The van der Waals surface area contributed by atoms with Gasteiger partial charge in [-0.1, -0.05) is 32.1 Å². The molecule has 0 unspecified atom stereocenters. The van der Waals surface area contributed by atoms with E-state index in [9.17, 15) is 9.59 Å². The number of ether oxygens (including phenoxy) is 2. The summed E-state index contributed by atoms with van der Waals surface area (Å²) in [5, 5.41) is 5.82. The Morgan fingerprint density at radius 2 is 1.56 bits per heavy atom. The Kier molecular flexibility index (Phi) is 10.4. The lowest BCUT2D eigenvalue weighted by Crippen LogP contribution is -2.24. The third-order valence-corrected chi connectivity index (χ3v) is 6.99. The topological polar surface area (TPSA) is 76.7 Å². The van der Waals surface area contributed by atoms with Gasteiger partial charge in [0.05, 0.1) is 14.2 Å². The molecule has 0 heterocycles. The van der Waals surface area contributed by atoms with Crippen LogP contribution in [-0.4, -0.2) is 39.1 Å². The summed E-state index contributed by atoms with van der Waals surface area (Å²) in [6.07, 6.45) is 8.68. The smallest absolute Gasteiger partial charge is 0.219 e. The van der Waals surface area contributed by atoms with E-state index in [0.29, 0.717) is 25.3 Å². The van der Waals surface area contributed by atoms with Gasteiger partial charge in [0, 0.05) is 25.9 Å². The fourth-order valence-corrected chi connectivity index (χ4v) is 4.83. The van der Waals surface area contributed by atoms with Crippen LogP contribution in [0, 0.1) is 0 Å². The van der Waals surface area contributed by atoms with Crippen molar-refractivity contribution in [2.75, 3.05) is 27.3 Å². The molecular formula is C30H40N2O4. The molecule has 0 bridgehead atoms. The van der Waals surface area contributed by atoms with Crippen LogP contribution in [0.15, 0.2) is 42.5 Å². The number of benzene rings is 2. The van der Waals surface area contributed by atoms with Crippen LogP contribution < -0.4 is 20.1 Å². The molecule has 2 aliphatic carbocycles. The Morgan fingerprint density at radius 1 is 0.889 bits per heavy atom. The second kappa shape index (κ2) is 13.7. The van der Waals surface area contributed by atoms with Crippen molar-refractivity contribution in [3.8, 4) is 11.5 Å². The predicted octanol–water partition coefficient (Wildman–Crippen LogP) is 5.19. The molecule has 194 valence electrons. The van der Waals surface area contributed by atoms with E-state index in [1.54, 1.807) is 14.2 Å². The van der Waals surface area contributed by atoms with E-state index in [1.807, 2.05) is 26.0 Å². The van der Waals surface area contributed by atoms with Crippen molar-refractivity contribution < 1.29 is 19.1 Å². The van der Waals surface area contributed by atoms with Gasteiger partial charge in [-0.25, -0.2) is 0 Å². The molecule has 0 saturated carbocycles. The van der Waals surface area contributed by atoms with Crippen molar-refractivity contribution in [1.82, 2.24) is 10.6 Å². The van der Waals surface area contributed by atoms with E-state index in [4.69, 9.17) is 9.47 Å². The molecule has 2 aromatic rings. The monoisotopic (exact) mass is 492 g/mol. The molecule has 0 aromatic heterocycles. The Morgan fingerprint density at radius 3 is 2.25 bits per heavy atom. The molecule has 6 heteroatoms. The van der Waals surface area contributed by atoms with Gasteiger partial charge in [-0.15, -0.1) is 0 Å². The highest BCUT2D eigenvalue weighted by Crippen LogP contribution is 2.37. The summed E-state index contributed by atoms with van der Waals surface area (Å²) in [6, 6.07) is 12.5. The Hall–Kier alpha value is -3.28. The molecule has 0 radical (unpaired) electrons. The number of allylic oxidation sites excluding steroid dienone is 1. The minimum absolute atomic E-state index is 0.0933. The van der Waals surface area contributed by atoms with Crippen LogP contribution in [0.1, 0.15) is 74.1 Å². The van der Waals surface area contributed by atoms with E-state index >= 15 is 0 Å². The van der Waals surface area contributed by atoms with Gasteiger partial charge >= 0.3 is 0 Å². The number of amides is 2. The maximum absolute atomic E-state index is 11.2. The largest absolute Gasteiger partial charge is 0.497 e. The predicted molar refractivity (Wildman–Crippen MR) is 145 cm³/mol. The lowest BCUT2D eigenvalue weighted by molar-refractivity contribution is -0.121. The first-order valence-electron chi connectivity index (χ1n) is 13.1. The van der Waals surface area contributed by atoms with E-state index in [-0.39, 0.29) is 11.8 Å². The van der Waals surface area contributed by atoms with Crippen LogP contribution in [0.3, 0.4) is 0 Å². The van der Waals surface area contributed by atoms with Gasteiger partial charge in [-0.05, 0) is 90.1 Å². The highest BCUT2D eigenvalue weighted by atomic mass is 16.5. The lowest BCUT2D eigenvalue weighted by Gasteiger charge is -2.13. The standard InChI is InChI=1S/C15H21NO2.C15H19NO2/c2*1-3-15(17)16-9-8-12-5-4-11-6-7-13(18-2)10-14(11)12/h6-7,10,12H,3-5,8-9H2,1-2H3,(H,16,17);6-8,10H,3-5,9H2,1-2H3,(H,16,17)/b;12-8-/t12-;/m1./s1. The Bertz CT molecular complexity index is 1080. The number of methoxy groups -OCH3 is 2. The highest BCUT2D eigenvalue weighted by Gasteiger charge is 2.22. The van der Waals surface area contributed by atoms with Gasteiger partial charge in [0.15, 0.2) is 0 Å². The first kappa shape index (κ1) is 27.3. The molecule has 36 heavy (non-hydrogen) atoms. The summed E-state index contributed by atoms with van der Waals surface area (Å²) in [7, 11) is 3.38. The SMILES string of the molecule is CCC(=O)NC/C=C1/CCc2ccc(OC)cc21.CCC(=O)NCC[C@H]1CCc2ccc(OC)cc21. The fourth-order valence-electron chi connectivity index (χ4n) is 4.83. The lowest BCUT2D eigenvalue weighted by atomic mass is 9.97. The van der Waals surface area contributed by atoms with Crippen molar-refractivity contribution in [2.45, 2.75) is 64.7 Å². The van der Waals surface area contributed by atoms with Gasteiger partial charge in [0.2, 0.25) is 11.8 Å². The molecule has 0 fully saturated rings. The van der Waals surface area contributed by atoms with Crippen molar-refractivity contribution in [3.63, 3.8) is 0 Å². The molecule has 2 N–H and O–H groups in total. The average molecular weight is 493 g/mol. The molecule has 0 spiro atoms. The quantitative estimate of drug-likeness (QED) is 0.505. The zero-order chi connectivity index (χ0) is 25.9. The second-order valence-electron chi connectivity index (χ2n) is 9.20. The Balaban J connectivity index is 0.000000201. The highest BCUT2D eigenvalue weighted by molar-refractivity contribution is 5.77. The maximum Gasteiger partial charge on any atom is 0.219 e.